The smallest absolute Gasteiger partial charge is 0.260 e. The summed E-state index contributed by atoms with van der Waals surface area (Å²) in [5, 5.41) is 0. The second-order valence-electron chi connectivity index (χ2n) is 5.01. The lowest BCUT2D eigenvalue weighted by Gasteiger charge is -2.26. The summed E-state index contributed by atoms with van der Waals surface area (Å²) in [6.07, 6.45) is 4.40. The van der Waals surface area contributed by atoms with Crippen molar-refractivity contribution in [2.75, 3.05) is 13.1 Å². The fourth-order valence-corrected chi connectivity index (χ4v) is 2.53. The Balaban J connectivity index is 1.77. The highest BCUT2D eigenvalue weighted by atomic mass is 16.2. The molecule has 1 amide bonds. The van der Waals surface area contributed by atoms with Crippen molar-refractivity contribution in [1.82, 2.24) is 9.88 Å². The number of carbonyl (C=O) groups excluding carboxylic acids is 1. The van der Waals surface area contributed by atoms with Crippen molar-refractivity contribution in [3.8, 4) is 0 Å². The van der Waals surface area contributed by atoms with Gasteiger partial charge in [0.05, 0.1) is 0 Å². The van der Waals surface area contributed by atoms with E-state index in [0.717, 1.165) is 6.42 Å². The molecule has 0 radical (unpaired) electrons. The summed E-state index contributed by atoms with van der Waals surface area (Å²) in [7, 11) is 0. The Bertz CT molecular complexity index is 732. The lowest BCUT2D eigenvalue weighted by Crippen LogP contribution is -2.37. The standard InChI is InChI=1S/C17H16N2O2/c20-16-15(7-4-10-18-16)17(21)19-11-8-14(9-12-19)13-5-2-1-3-6-13/h1-8,10H,9,11-12H2,(H,18,20). The molecular formula is C17H16N2O2. The minimum Gasteiger partial charge on any atom is -0.334 e. The van der Waals surface area contributed by atoms with Crippen LogP contribution in [0.1, 0.15) is 22.3 Å². The highest BCUT2D eigenvalue weighted by Crippen LogP contribution is 2.22. The molecule has 21 heavy (non-hydrogen) atoms. The molecule has 4 nitrogen and oxygen atoms in total. The lowest BCUT2D eigenvalue weighted by atomic mass is 9.99. The molecule has 0 bridgehead atoms. The van der Waals surface area contributed by atoms with Gasteiger partial charge in [-0.3, -0.25) is 9.59 Å². The van der Waals surface area contributed by atoms with E-state index >= 15 is 0 Å². The van der Waals surface area contributed by atoms with Gasteiger partial charge in [-0.1, -0.05) is 36.4 Å². The van der Waals surface area contributed by atoms with Crippen LogP contribution in [0.3, 0.4) is 0 Å². The fraction of sp³-hybridized carbons (Fsp3) is 0.176. The summed E-state index contributed by atoms with van der Waals surface area (Å²) >= 11 is 0. The molecule has 0 saturated carbocycles. The first-order valence-electron chi connectivity index (χ1n) is 6.97. The molecule has 1 aromatic carbocycles. The molecule has 1 N–H and O–H groups in total. The Morgan fingerprint density at radius 2 is 1.90 bits per heavy atom. The number of hydrogen-bond donors (Lipinski definition) is 1. The topological polar surface area (TPSA) is 53.2 Å². The van der Waals surface area contributed by atoms with Gasteiger partial charge in [-0.25, -0.2) is 0 Å². The van der Waals surface area contributed by atoms with Crippen LogP contribution in [0.15, 0.2) is 59.5 Å². The van der Waals surface area contributed by atoms with Crippen LogP contribution in [-0.2, 0) is 0 Å². The number of carbonyl (C=O) groups is 1. The van der Waals surface area contributed by atoms with E-state index in [0.29, 0.717) is 13.1 Å². The SMILES string of the molecule is O=C(c1ccc[nH]c1=O)N1CC=C(c2ccccc2)CC1. The normalized spacial score (nSPS) is 14.7. The lowest BCUT2D eigenvalue weighted by molar-refractivity contribution is 0.0771. The van der Waals surface area contributed by atoms with E-state index in [9.17, 15) is 9.59 Å². The number of aromatic nitrogens is 1. The molecular weight excluding hydrogens is 264 g/mol. The average Bonchev–Trinajstić information content (AvgIpc) is 2.56. The average molecular weight is 280 g/mol. The quantitative estimate of drug-likeness (QED) is 0.917. The number of benzene rings is 1. The monoisotopic (exact) mass is 280 g/mol. The van der Waals surface area contributed by atoms with Crippen LogP contribution >= 0.6 is 0 Å². The van der Waals surface area contributed by atoms with Crippen molar-refractivity contribution >= 4 is 11.5 Å². The van der Waals surface area contributed by atoms with Gasteiger partial charge in [0, 0.05) is 19.3 Å². The Morgan fingerprint density at radius 1 is 1.10 bits per heavy atom. The third-order valence-corrected chi connectivity index (χ3v) is 3.69. The molecule has 1 aromatic heterocycles. The third kappa shape index (κ3) is 2.79. The number of amides is 1. The molecule has 1 aliphatic rings. The minimum atomic E-state index is -0.333. The zero-order valence-corrected chi connectivity index (χ0v) is 11.6. The zero-order chi connectivity index (χ0) is 14.7. The van der Waals surface area contributed by atoms with Crippen LogP contribution in [0.4, 0.5) is 0 Å². The maximum Gasteiger partial charge on any atom is 0.260 e. The number of nitrogens with one attached hydrogen (secondary N) is 1. The first-order chi connectivity index (χ1) is 10.3. The summed E-state index contributed by atoms with van der Waals surface area (Å²) in [6, 6.07) is 13.4. The fourth-order valence-electron chi connectivity index (χ4n) is 2.53. The zero-order valence-electron chi connectivity index (χ0n) is 11.6. The number of hydrogen-bond acceptors (Lipinski definition) is 2. The van der Waals surface area contributed by atoms with Crippen molar-refractivity contribution in [3.05, 3.63) is 76.2 Å². The second kappa shape index (κ2) is 5.79. The van der Waals surface area contributed by atoms with Gasteiger partial charge in [-0.05, 0) is 29.7 Å². The van der Waals surface area contributed by atoms with Crippen molar-refractivity contribution in [3.63, 3.8) is 0 Å². The number of aromatic amines is 1. The van der Waals surface area contributed by atoms with E-state index in [4.69, 9.17) is 0 Å². The molecule has 1 aliphatic heterocycles. The molecule has 2 heterocycles. The van der Waals surface area contributed by atoms with Gasteiger partial charge >= 0.3 is 0 Å². The predicted octanol–water partition coefficient (Wildman–Crippen LogP) is 2.30. The van der Waals surface area contributed by atoms with E-state index in [-0.39, 0.29) is 17.0 Å². The van der Waals surface area contributed by atoms with Gasteiger partial charge in [0.2, 0.25) is 0 Å². The Kier molecular flexibility index (Phi) is 3.69. The van der Waals surface area contributed by atoms with Crippen molar-refractivity contribution < 1.29 is 4.79 Å². The predicted molar refractivity (Wildman–Crippen MR) is 82.0 cm³/mol. The number of H-pyrrole nitrogens is 1. The Morgan fingerprint density at radius 3 is 2.57 bits per heavy atom. The van der Waals surface area contributed by atoms with Crippen LogP contribution < -0.4 is 5.56 Å². The molecule has 0 atom stereocenters. The van der Waals surface area contributed by atoms with E-state index < -0.39 is 0 Å². The summed E-state index contributed by atoms with van der Waals surface area (Å²) in [5.41, 5.74) is 2.32. The minimum absolute atomic E-state index is 0.203. The Hall–Kier alpha value is -2.62. The highest BCUT2D eigenvalue weighted by molar-refractivity contribution is 5.94. The molecule has 4 heteroatoms. The second-order valence-corrected chi connectivity index (χ2v) is 5.01. The maximum absolute atomic E-state index is 12.3. The molecule has 0 fully saturated rings. The van der Waals surface area contributed by atoms with E-state index in [1.165, 1.54) is 17.3 Å². The van der Waals surface area contributed by atoms with E-state index in [1.54, 1.807) is 17.0 Å². The van der Waals surface area contributed by atoms with Gasteiger partial charge in [-0.15, -0.1) is 0 Å². The van der Waals surface area contributed by atoms with Gasteiger partial charge in [0.1, 0.15) is 5.56 Å². The van der Waals surface area contributed by atoms with Crippen LogP contribution in [0.25, 0.3) is 5.57 Å². The van der Waals surface area contributed by atoms with Crippen LogP contribution in [-0.4, -0.2) is 28.9 Å². The molecule has 0 aliphatic carbocycles. The number of nitrogens with zero attached hydrogens (tertiary/aromatic N) is 1. The first kappa shape index (κ1) is 13.4. The first-order valence-corrected chi connectivity index (χ1v) is 6.97. The summed E-state index contributed by atoms with van der Waals surface area (Å²) in [6.45, 7) is 1.17. The summed E-state index contributed by atoms with van der Waals surface area (Å²) in [4.78, 5) is 28.3. The van der Waals surface area contributed by atoms with E-state index in [2.05, 4.69) is 23.2 Å². The molecule has 3 rings (SSSR count). The van der Waals surface area contributed by atoms with Crippen molar-refractivity contribution in [2.45, 2.75) is 6.42 Å². The van der Waals surface area contributed by atoms with Gasteiger partial charge in [0.25, 0.3) is 11.5 Å². The largest absolute Gasteiger partial charge is 0.334 e. The van der Waals surface area contributed by atoms with Gasteiger partial charge in [-0.2, -0.15) is 0 Å². The molecule has 2 aromatic rings. The van der Waals surface area contributed by atoms with Crippen LogP contribution in [0, 0.1) is 0 Å². The van der Waals surface area contributed by atoms with Crippen molar-refractivity contribution in [2.24, 2.45) is 0 Å². The molecule has 0 saturated heterocycles. The molecule has 0 spiro atoms. The van der Waals surface area contributed by atoms with Gasteiger partial charge < -0.3 is 9.88 Å². The molecule has 0 unspecified atom stereocenters. The third-order valence-electron chi connectivity index (χ3n) is 3.69. The van der Waals surface area contributed by atoms with Crippen LogP contribution in [0.5, 0.6) is 0 Å². The molecule has 106 valence electrons. The van der Waals surface area contributed by atoms with Crippen LogP contribution in [0.2, 0.25) is 0 Å². The highest BCUT2D eigenvalue weighted by Gasteiger charge is 2.20. The summed E-state index contributed by atoms with van der Waals surface area (Å²) < 4.78 is 0. The number of rotatable bonds is 2. The van der Waals surface area contributed by atoms with Crippen molar-refractivity contribution in [1.29, 1.82) is 0 Å². The summed E-state index contributed by atoms with van der Waals surface area (Å²) in [5.74, 6) is -0.208. The Labute approximate surface area is 122 Å². The maximum atomic E-state index is 12.3. The van der Waals surface area contributed by atoms with Gasteiger partial charge in [0.15, 0.2) is 0 Å². The van der Waals surface area contributed by atoms with E-state index in [1.807, 2.05) is 18.2 Å². The number of pyridine rings is 1.